The average Bonchev–Trinajstić information content (AvgIpc) is 4.10. The quantitative estimate of drug-likeness (QED) is 0.140. The summed E-state index contributed by atoms with van der Waals surface area (Å²) in [7, 11) is 0. The molecule has 284 valence electrons. The van der Waals surface area contributed by atoms with Crippen LogP contribution in [0.3, 0.4) is 0 Å². The number of fused-ring (bicyclic) bond motifs is 2. The van der Waals surface area contributed by atoms with Gasteiger partial charge in [-0.3, -0.25) is 0 Å². The Balaban J connectivity index is 0.891. The van der Waals surface area contributed by atoms with Crippen molar-refractivity contribution in [3.63, 3.8) is 0 Å². The average molecular weight is 820 g/mol. The number of hydrogen-bond donors (Lipinski definition) is 0. The van der Waals surface area contributed by atoms with Gasteiger partial charge in [-0.15, -0.1) is 34.0 Å². The maximum atomic E-state index is 2.36. The van der Waals surface area contributed by atoms with Crippen LogP contribution in [0.1, 0.15) is 0 Å². The first-order chi connectivity index (χ1) is 29.7. The van der Waals surface area contributed by atoms with E-state index in [0.717, 1.165) is 17.1 Å². The van der Waals surface area contributed by atoms with E-state index in [1.165, 1.54) is 84.2 Å². The predicted octanol–water partition coefficient (Wildman–Crippen LogP) is 17.6. The highest BCUT2D eigenvalue weighted by molar-refractivity contribution is 7.22. The number of rotatable bonds is 9. The molecule has 0 saturated carbocycles. The molecule has 1 nitrogen and oxygen atoms in total. The van der Waals surface area contributed by atoms with Crippen molar-refractivity contribution in [3.8, 4) is 64.0 Å². The molecule has 11 rings (SSSR count). The summed E-state index contributed by atoms with van der Waals surface area (Å²) in [5, 5.41) is 2.60. The summed E-state index contributed by atoms with van der Waals surface area (Å²) < 4.78 is 2.64. The topological polar surface area (TPSA) is 3.24 Å². The summed E-state index contributed by atoms with van der Waals surface area (Å²) in [5.41, 5.74) is 13.1. The van der Waals surface area contributed by atoms with Gasteiger partial charge in [0.25, 0.3) is 0 Å². The first kappa shape index (κ1) is 36.3. The van der Waals surface area contributed by atoms with Gasteiger partial charge in [0.1, 0.15) is 0 Å². The van der Waals surface area contributed by atoms with Gasteiger partial charge in [0, 0.05) is 46.0 Å². The standard InChI is InChI=1S/C56H37NS3/c1-2-8-42(9-3-1)53-34-35-54(58-53)43-26-32-50(33-27-43)57(48-28-22-40(23-29-48)38-14-18-44(19-15-38)55-36-46-10-4-6-12-51(46)59-55)49-30-24-41(25-31-49)39-16-20-45(21-17-39)56-37-47-11-5-7-13-52(47)60-56/h1-37H. The molecule has 60 heavy (non-hydrogen) atoms. The van der Waals surface area contributed by atoms with Crippen LogP contribution in [0, 0.1) is 0 Å². The summed E-state index contributed by atoms with van der Waals surface area (Å²) in [4.78, 5) is 7.49. The highest BCUT2D eigenvalue weighted by Gasteiger charge is 2.15. The third-order valence-corrected chi connectivity index (χ3v) is 14.7. The molecule has 0 saturated heterocycles. The molecule has 0 radical (unpaired) electrons. The second-order valence-electron chi connectivity index (χ2n) is 15.0. The maximum absolute atomic E-state index is 2.36. The van der Waals surface area contributed by atoms with Gasteiger partial charge >= 0.3 is 0 Å². The third-order valence-electron chi connectivity index (χ3n) is 11.2. The number of thiophene rings is 3. The van der Waals surface area contributed by atoms with Gasteiger partial charge in [-0.2, -0.15) is 0 Å². The number of hydrogen-bond acceptors (Lipinski definition) is 4. The van der Waals surface area contributed by atoms with Crippen molar-refractivity contribution in [1.82, 2.24) is 0 Å². The fourth-order valence-corrected chi connectivity index (χ4v) is 11.1. The van der Waals surface area contributed by atoms with Crippen LogP contribution < -0.4 is 4.90 Å². The molecule has 0 unspecified atom stereocenters. The van der Waals surface area contributed by atoms with Crippen LogP contribution in [0.5, 0.6) is 0 Å². The molecule has 0 fully saturated rings. The minimum atomic E-state index is 1.11. The second kappa shape index (κ2) is 15.7. The fraction of sp³-hybridized carbons (Fsp3) is 0. The molecular weight excluding hydrogens is 783 g/mol. The Morgan fingerprint density at radius 1 is 0.233 bits per heavy atom. The van der Waals surface area contributed by atoms with Gasteiger partial charge in [-0.25, -0.2) is 0 Å². The van der Waals surface area contributed by atoms with E-state index >= 15 is 0 Å². The van der Waals surface area contributed by atoms with Gasteiger partial charge in [0.15, 0.2) is 0 Å². The Kier molecular flexibility index (Phi) is 9.52. The van der Waals surface area contributed by atoms with E-state index < -0.39 is 0 Å². The lowest BCUT2D eigenvalue weighted by Crippen LogP contribution is -2.09. The zero-order chi connectivity index (χ0) is 39.8. The van der Waals surface area contributed by atoms with Crippen LogP contribution >= 0.6 is 34.0 Å². The molecular formula is C56H37NS3. The Hall–Kier alpha value is -6.82. The molecule has 0 aliphatic rings. The van der Waals surface area contributed by atoms with Crippen molar-refractivity contribution < 1.29 is 0 Å². The predicted molar refractivity (Wildman–Crippen MR) is 262 cm³/mol. The Labute approximate surface area is 362 Å². The molecule has 0 spiro atoms. The number of nitrogens with zero attached hydrogens (tertiary/aromatic N) is 1. The van der Waals surface area contributed by atoms with Crippen LogP contribution in [0.15, 0.2) is 224 Å². The molecule has 3 aromatic heterocycles. The molecule has 0 N–H and O–H groups in total. The van der Waals surface area contributed by atoms with Gasteiger partial charge in [-0.1, -0.05) is 152 Å². The zero-order valence-corrected chi connectivity index (χ0v) is 35.0. The van der Waals surface area contributed by atoms with Crippen molar-refractivity contribution in [2.24, 2.45) is 0 Å². The van der Waals surface area contributed by atoms with Crippen LogP contribution in [0.2, 0.25) is 0 Å². The molecule has 4 heteroatoms. The number of benzene rings is 8. The maximum Gasteiger partial charge on any atom is 0.0462 e. The van der Waals surface area contributed by atoms with Crippen molar-refractivity contribution in [2.75, 3.05) is 4.90 Å². The summed E-state index contributed by atoms with van der Waals surface area (Å²) in [6.07, 6.45) is 0. The van der Waals surface area contributed by atoms with E-state index in [1.807, 2.05) is 34.0 Å². The van der Waals surface area contributed by atoms with Crippen molar-refractivity contribution >= 4 is 71.2 Å². The Bertz CT molecular complexity index is 2980. The summed E-state index contributed by atoms with van der Waals surface area (Å²) >= 11 is 5.53. The van der Waals surface area contributed by atoms with Crippen LogP contribution in [-0.4, -0.2) is 0 Å². The summed E-state index contributed by atoms with van der Waals surface area (Å²) in [6.45, 7) is 0. The molecule has 8 aromatic carbocycles. The van der Waals surface area contributed by atoms with Crippen LogP contribution in [-0.2, 0) is 0 Å². The van der Waals surface area contributed by atoms with E-state index in [1.54, 1.807) is 0 Å². The molecule has 3 heterocycles. The van der Waals surface area contributed by atoms with Gasteiger partial charge < -0.3 is 4.90 Å². The highest BCUT2D eigenvalue weighted by atomic mass is 32.1. The van der Waals surface area contributed by atoms with Gasteiger partial charge in [0.05, 0.1) is 0 Å². The van der Waals surface area contributed by atoms with Gasteiger partial charge in [-0.05, 0) is 128 Å². The molecule has 0 aliphatic heterocycles. The number of anilines is 3. The van der Waals surface area contributed by atoms with E-state index in [0.29, 0.717) is 0 Å². The smallest absolute Gasteiger partial charge is 0.0462 e. The molecule has 0 bridgehead atoms. The minimum Gasteiger partial charge on any atom is -0.311 e. The highest BCUT2D eigenvalue weighted by Crippen LogP contribution is 2.41. The van der Waals surface area contributed by atoms with Gasteiger partial charge in [0.2, 0.25) is 0 Å². The lowest BCUT2D eigenvalue weighted by atomic mass is 10.0. The largest absolute Gasteiger partial charge is 0.311 e. The molecule has 0 aliphatic carbocycles. The van der Waals surface area contributed by atoms with E-state index in [9.17, 15) is 0 Å². The third kappa shape index (κ3) is 7.16. The minimum absolute atomic E-state index is 1.11. The Morgan fingerprint density at radius 2 is 0.550 bits per heavy atom. The SMILES string of the molecule is c1ccc(-c2ccc(-c3ccc(N(c4ccc(-c5ccc(-c6cc7ccccc7s6)cc5)cc4)c4ccc(-c5ccc(-c6cc7ccccc7s6)cc5)cc4)cc3)s2)cc1. The summed E-state index contributed by atoms with van der Waals surface area (Å²) in [5.74, 6) is 0. The van der Waals surface area contributed by atoms with Crippen LogP contribution in [0.4, 0.5) is 17.1 Å². The first-order valence-corrected chi connectivity index (χ1v) is 22.6. The first-order valence-electron chi connectivity index (χ1n) is 20.1. The van der Waals surface area contributed by atoms with Crippen molar-refractivity contribution in [2.45, 2.75) is 0 Å². The lowest BCUT2D eigenvalue weighted by molar-refractivity contribution is 1.28. The van der Waals surface area contributed by atoms with E-state index in [-0.39, 0.29) is 0 Å². The fourth-order valence-electron chi connectivity index (χ4n) is 7.98. The van der Waals surface area contributed by atoms with Crippen molar-refractivity contribution in [3.05, 3.63) is 224 Å². The van der Waals surface area contributed by atoms with Crippen LogP contribution in [0.25, 0.3) is 84.2 Å². The monoisotopic (exact) mass is 819 g/mol. The second-order valence-corrected chi connectivity index (χ2v) is 18.2. The molecule has 0 atom stereocenters. The molecule has 11 aromatic rings. The summed E-state index contributed by atoms with van der Waals surface area (Å²) in [6, 6.07) is 81.8. The van der Waals surface area contributed by atoms with E-state index in [4.69, 9.17) is 0 Å². The lowest BCUT2D eigenvalue weighted by Gasteiger charge is -2.26. The van der Waals surface area contributed by atoms with Crippen molar-refractivity contribution in [1.29, 1.82) is 0 Å². The van der Waals surface area contributed by atoms with E-state index in [2.05, 4.69) is 229 Å². The zero-order valence-electron chi connectivity index (χ0n) is 32.5. The molecule has 0 amide bonds. The normalized spacial score (nSPS) is 11.3. The Morgan fingerprint density at radius 3 is 0.967 bits per heavy atom.